The maximum absolute atomic E-state index is 5.37. The van der Waals surface area contributed by atoms with Gasteiger partial charge >= 0.3 is 0 Å². The van der Waals surface area contributed by atoms with E-state index in [1.807, 2.05) is 6.20 Å². The Kier molecular flexibility index (Phi) is 4.29. The van der Waals surface area contributed by atoms with Crippen molar-refractivity contribution in [2.75, 3.05) is 20.3 Å². The van der Waals surface area contributed by atoms with Crippen LogP contribution in [0, 0.1) is 0 Å². The summed E-state index contributed by atoms with van der Waals surface area (Å²) in [6.07, 6.45) is 1.87. The summed E-state index contributed by atoms with van der Waals surface area (Å²) in [5, 5.41) is 0. The van der Waals surface area contributed by atoms with Crippen LogP contribution in [0.4, 0.5) is 0 Å². The fraction of sp³-hybridized carbons (Fsp3) is 0.727. The second-order valence-corrected chi connectivity index (χ2v) is 4.54. The molecule has 0 bridgehead atoms. The SMILES string of the molecule is COCCOCc1ncc(C(C)(C)C)[nH]1. The van der Waals surface area contributed by atoms with Gasteiger partial charge in [-0.25, -0.2) is 4.98 Å². The van der Waals surface area contributed by atoms with Crippen molar-refractivity contribution >= 4 is 0 Å². The van der Waals surface area contributed by atoms with Crippen LogP contribution in [0.15, 0.2) is 6.20 Å². The number of methoxy groups -OCH3 is 1. The van der Waals surface area contributed by atoms with Crippen molar-refractivity contribution in [1.82, 2.24) is 9.97 Å². The number of ether oxygens (including phenoxy) is 2. The fourth-order valence-corrected chi connectivity index (χ4v) is 1.13. The van der Waals surface area contributed by atoms with E-state index in [-0.39, 0.29) is 5.41 Å². The minimum absolute atomic E-state index is 0.109. The molecule has 1 heterocycles. The molecule has 1 N–H and O–H groups in total. The Bertz CT molecular complexity index is 289. The van der Waals surface area contributed by atoms with Crippen molar-refractivity contribution in [3.63, 3.8) is 0 Å². The van der Waals surface area contributed by atoms with Crippen LogP contribution < -0.4 is 0 Å². The van der Waals surface area contributed by atoms with Crippen LogP contribution in [0.2, 0.25) is 0 Å². The van der Waals surface area contributed by atoms with Crippen molar-refractivity contribution in [2.45, 2.75) is 32.8 Å². The number of rotatable bonds is 5. The lowest BCUT2D eigenvalue weighted by molar-refractivity contribution is 0.0588. The Morgan fingerprint density at radius 1 is 1.33 bits per heavy atom. The molecule has 0 spiro atoms. The molecule has 0 aliphatic carbocycles. The molecule has 0 unspecified atom stereocenters. The summed E-state index contributed by atoms with van der Waals surface area (Å²) in [6.45, 7) is 8.18. The molecule has 15 heavy (non-hydrogen) atoms. The third kappa shape index (κ3) is 4.01. The second-order valence-electron chi connectivity index (χ2n) is 4.54. The van der Waals surface area contributed by atoms with Crippen LogP contribution >= 0.6 is 0 Å². The summed E-state index contributed by atoms with van der Waals surface area (Å²) in [5.74, 6) is 0.871. The van der Waals surface area contributed by atoms with Crippen molar-refractivity contribution < 1.29 is 9.47 Å². The first-order valence-corrected chi connectivity index (χ1v) is 5.15. The zero-order chi connectivity index (χ0) is 11.3. The minimum Gasteiger partial charge on any atom is -0.382 e. The van der Waals surface area contributed by atoms with Crippen LogP contribution in [0.3, 0.4) is 0 Å². The first kappa shape index (κ1) is 12.2. The highest BCUT2D eigenvalue weighted by Crippen LogP contribution is 2.19. The molecule has 1 aromatic rings. The monoisotopic (exact) mass is 212 g/mol. The molecule has 4 nitrogen and oxygen atoms in total. The Balaban J connectivity index is 2.40. The molecule has 0 atom stereocenters. The van der Waals surface area contributed by atoms with Crippen molar-refractivity contribution in [1.29, 1.82) is 0 Å². The topological polar surface area (TPSA) is 47.1 Å². The molecule has 0 aliphatic rings. The Morgan fingerprint density at radius 2 is 2.07 bits per heavy atom. The zero-order valence-electron chi connectivity index (χ0n) is 9.96. The predicted molar refractivity (Wildman–Crippen MR) is 58.8 cm³/mol. The summed E-state index contributed by atoms with van der Waals surface area (Å²) in [7, 11) is 1.66. The molecule has 4 heteroatoms. The molecule has 0 radical (unpaired) electrons. The molecule has 0 saturated heterocycles. The summed E-state index contributed by atoms with van der Waals surface area (Å²) < 4.78 is 10.3. The lowest BCUT2D eigenvalue weighted by Gasteiger charge is -2.15. The molecule has 0 fully saturated rings. The molecular weight excluding hydrogens is 192 g/mol. The molecule has 0 aliphatic heterocycles. The summed E-state index contributed by atoms with van der Waals surface area (Å²) >= 11 is 0. The Labute approximate surface area is 91.0 Å². The number of nitrogens with one attached hydrogen (secondary N) is 1. The van der Waals surface area contributed by atoms with Crippen LogP contribution in [0.25, 0.3) is 0 Å². The van der Waals surface area contributed by atoms with E-state index < -0.39 is 0 Å². The van der Waals surface area contributed by atoms with E-state index >= 15 is 0 Å². The molecule has 1 rings (SSSR count). The van der Waals surface area contributed by atoms with Crippen molar-refractivity contribution in [3.05, 3.63) is 17.7 Å². The Hall–Kier alpha value is -0.870. The van der Waals surface area contributed by atoms with Crippen LogP contribution in [0.1, 0.15) is 32.3 Å². The van der Waals surface area contributed by atoms with E-state index in [0.717, 1.165) is 11.5 Å². The van der Waals surface area contributed by atoms with E-state index in [4.69, 9.17) is 9.47 Å². The van der Waals surface area contributed by atoms with Gasteiger partial charge in [-0.2, -0.15) is 0 Å². The highest BCUT2D eigenvalue weighted by Gasteiger charge is 2.16. The van der Waals surface area contributed by atoms with Gasteiger partial charge < -0.3 is 14.5 Å². The van der Waals surface area contributed by atoms with E-state index in [1.54, 1.807) is 7.11 Å². The molecule has 86 valence electrons. The molecule has 0 amide bonds. The van der Waals surface area contributed by atoms with E-state index in [0.29, 0.717) is 19.8 Å². The summed E-state index contributed by atoms with van der Waals surface area (Å²) in [6, 6.07) is 0. The van der Waals surface area contributed by atoms with Crippen LogP contribution in [-0.4, -0.2) is 30.3 Å². The van der Waals surface area contributed by atoms with Gasteiger partial charge in [-0.3, -0.25) is 0 Å². The summed E-state index contributed by atoms with van der Waals surface area (Å²) in [4.78, 5) is 7.51. The molecular formula is C11H20N2O2. The normalized spacial score (nSPS) is 12.0. The highest BCUT2D eigenvalue weighted by molar-refractivity contribution is 5.10. The first-order chi connectivity index (χ1) is 7.04. The smallest absolute Gasteiger partial charge is 0.132 e. The molecule has 0 aromatic carbocycles. The maximum atomic E-state index is 5.37. The predicted octanol–water partition coefficient (Wildman–Crippen LogP) is 1.87. The standard InChI is InChI=1S/C11H20N2O2/c1-11(2,3)9-7-12-10(13-9)8-15-6-5-14-4/h7H,5-6,8H2,1-4H3,(H,12,13). The maximum Gasteiger partial charge on any atom is 0.132 e. The van der Waals surface area contributed by atoms with E-state index in [2.05, 4.69) is 30.7 Å². The highest BCUT2D eigenvalue weighted by atomic mass is 16.5. The quantitative estimate of drug-likeness (QED) is 0.758. The van der Waals surface area contributed by atoms with E-state index in [1.165, 1.54) is 0 Å². The second kappa shape index (κ2) is 5.28. The largest absolute Gasteiger partial charge is 0.382 e. The van der Waals surface area contributed by atoms with E-state index in [9.17, 15) is 0 Å². The van der Waals surface area contributed by atoms with Crippen molar-refractivity contribution in [2.24, 2.45) is 0 Å². The average Bonchev–Trinajstić information content (AvgIpc) is 2.60. The fourth-order valence-electron chi connectivity index (χ4n) is 1.13. The number of aromatic amines is 1. The number of imidazole rings is 1. The van der Waals surface area contributed by atoms with Gasteiger partial charge in [-0.1, -0.05) is 20.8 Å². The van der Waals surface area contributed by atoms with Gasteiger partial charge in [0.15, 0.2) is 0 Å². The third-order valence-corrected chi connectivity index (χ3v) is 2.11. The van der Waals surface area contributed by atoms with Gasteiger partial charge in [0.1, 0.15) is 12.4 Å². The first-order valence-electron chi connectivity index (χ1n) is 5.15. The number of aromatic nitrogens is 2. The number of H-pyrrole nitrogens is 1. The van der Waals surface area contributed by atoms with Gasteiger partial charge in [0.25, 0.3) is 0 Å². The summed E-state index contributed by atoms with van der Waals surface area (Å²) in [5.41, 5.74) is 1.24. The van der Waals surface area contributed by atoms with Crippen molar-refractivity contribution in [3.8, 4) is 0 Å². The van der Waals surface area contributed by atoms with Gasteiger partial charge in [0.2, 0.25) is 0 Å². The van der Waals surface area contributed by atoms with Gasteiger partial charge in [-0.05, 0) is 0 Å². The zero-order valence-corrected chi connectivity index (χ0v) is 9.96. The van der Waals surface area contributed by atoms with Gasteiger partial charge in [0.05, 0.1) is 13.2 Å². The third-order valence-electron chi connectivity index (χ3n) is 2.11. The number of hydrogen-bond donors (Lipinski definition) is 1. The van der Waals surface area contributed by atoms with Gasteiger partial charge in [0, 0.05) is 24.4 Å². The minimum atomic E-state index is 0.109. The number of hydrogen-bond acceptors (Lipinski definition) is 3. The lowest BCUT2D eigenvalue weighted by atomic mass is 9.93. The lowest BCUT2D eigenvalue weighted by Crippen LogP contribution is -2.11. The molecule has 1 aromatic heterocycles. The molecule has 0 saturated carbocycles. The van der Waals surface area contributed by atoms with Gasteiger partial charge in [-0.15, -0.1) is 0 Å². The Morgan fingerprint density at radius 3 is 2.60 bits per heavy atom. The number of nitrogens with zero attached hydrogens (tertiary/aromatic N) is 1. The average molecular weight is 212 g/mol. The van der Waals surface area contributed by atoms with Crippen LogP contribution in [0.5, 0.6) is 0 Å². The van der Waals surface area contributed by atoms with Crippen LogP contribution in [-0.2, 0) is 21.5 Å².